The predicted octanol–water partition coefficient (Wildman–Crippen LogP) is 5.76. The number of halogens is 3. The summed E-state index contributed by atoms with van der Waals surface area (Å²) in [4.78, 5) is 22.0. The van der Waals surface area contributed by atoms with E-state index in [-0.39, 0.29) is 18.2 Å². The number of carboxylic acid groups (broad SMARTS) is 1. The molecule has 39 heavy (non-hydrogen) atoms. The maximum absolute atomic E-state index is 13.1. The van der Waals surface area contributed by atoms with Gasteiger partial charge in [0.15, 0.2) is 0 Å². The number of piperidine rings is 1. The standard InChI is InChI=1S/C28H37NO3.C2HF3O2/c30-26(27-14-18-9-19(15-27)11-20(10-18)16-27)32-17-31-22-5-4-21-12-25-23-3-1-2-6-28(23,7-8-29-25)24(21)13-22;3-2(4,5)1(6)7/h4-5,13,18-20,23,25,29H,1-3,6-12,14-17H2;(H,6,7)/t18?,19?,20?,23-,25+,27?,28-;/m1./s1. The van der Waals surface area contributed by atoms with E-state index in [4.69, 9.17) is 19.4 Å². The minimum atomic E-state index is -5.08. The molecule has 0 unspecified atom stereocenters. The largest absolute Gasteiger partial charge is 0.490 e. The van der Waals surface area contributed by atoms with Crippen LogP contribution in [-0.2, 0) is 26.2 Å². The van der Waals surface area contributed by atoms with Crippen molar-refractivity contribution in [2.24, 2.45) is 29.1 Å². The van der Waals surface area contributed by atoms with Crippen molar-refractivity contribution < 1.29 is 37.3 Å². The quantitative estimate of drug-likeness (QED) is 0.367. The lowest BCUT2D eigenvalue weighted by Crippen LogP contribution is -2.59. The topological polar surface area (TPSA) is 84.9 Å². The van der Waals surface area contributed by atoms with E-state index in [2.05, 4.69) is 23.5 Å². The lowest BCUT2D eigenvalue weighted by atomic mass is 9.49. The van der Waals surface area contributed by atoms with Crippen LogP contribution >= 0.6 is 0 Å². The lowest BCUT2D eigenvalue weighted by Gasteiger charge is -2.56. The molecule has 6 bridgehead atoms. The molecule has 1 saturated heterocycles. The molecule has 6 aliphatic carbocycles. The van der Waals surface area contributed by atoms with Crippen LogP contribution < -0.4 is 10.1 Å². The maximum atomic E-state index is 13.1. The number of fused-ring (bicyclic) bond motifs is 1. The van der Waals surface area contributed by atoms with E-state index in [0.717, 1.165) is 61.6 Å². The van der Waals surface area contributed by atoms with Crippen LogP contribution in [0.2, 0.25) is 0 Å². The average Bonchev–Trinajstić information content (AvgIpc) is 2.88. The van der Waals surface area contributed by atoms with E-state index >= 15 is 0 Å². The van der Waals surface area contributed by atoms with Gasteiger partial charge in [0, 0.05) is 11.5 Å². The van der Waals surface area contributed by atoms with Crippen LogP contribution in [-0.4, -0.2) is 42.6 Å². The zero-order chi connectivity index (χ0) is 27.4. The van der Waals surface area contributed by atoms with Crippen LogP contribution in [0.1, 0.15) is 81.8 Å². The smallest absolute Gasteiger partial charge is 0.475 e. The number of benzene rings is 1. The third-order valence-corrected chi connectivity index (χ3v) is 10.7. The Balaban J connectivity index is 0.000000353. The molecular weight excluding hydrogens is 511 g/mol. The molecule has 1 heterocycles. The molecule has 0 aromatic heterocycles. The van der Waals surface area contributed by atoms with Gasteiger partial charge in [-0.2, -0.15) is 13.2 Å². The van der Waals surface area contributed by atoms with Crippen molar-refractivity contribution in [2.75, 3.05) is 13.3 Å². The monoisotopic (exact) mass is 549 g/mol. The number of hydrogen-bond acceptors (Lipinski definition) is 5. The minimum Gasteiger partial charge on any atom is -0.475 e. The summed E-state index contributed by atoms with van der Waals surface area (Å²) in [5.41, 5.74) is 3.16. The lowest BCUT2D eigenvalue weighted by molar-refractivity contribution is -0.192. The fourth-order valence-electron chi connectivity index (χ4n) is 9.66. The molecule has 1 aliphatic heterocycles. The number of hydrogen-bond donors (Lipinski definition) is 2. The number of carbonyl (C=O) groups is 2. The van der Waals surface area contributed by atoms with Crippen LogP contribution in [0.15, 0.2) is 18.2 Å². The second kappa shape index (κ2) is 9.96. The summed E-state index contributed by atoms with van der Waals surface area (Å²) in [5.74, 6) is 1.17. The van der Waals surface area contributed by atoms with Gasteiger partial charge in [-0.25, -0.2) is 4.79 Å². The first kappa shape index (κ1) is 26.9. The third-order valence-electron chi connectivity index (χ3n) is 10.7. The van der Waals surface area contributed by atoms with Gasteiger partial charge in [-0.15, -0.1) is 0 Å². The number of alkyl halides is 3. The van der Waals surface area contributed by atoms with Gasteiger partial charge in [0.25, 0.3) is 0 Å². The average molecular weight is 550 g/mol. The Morgan fingerprint density at radius 3 is 2.33 bits per heavy atom. The zero-order valence-corrected chi connectivity index (χ0v) is 22.2. The van der Waals surface area contributed by atoms with Gasteiger partial charge in [-0.3, -0.25) is 4.79 Å². The molecule has 2 N–H and O–H groups in total. The molecule has 9 heteroatoms. The Kier molecular flexibility index (Phi) is 6.87. The molecule has 214 valence electrons. The minimum absolute atomic E-state index is 0.0155. The van der Waals surface area contributed by atoms with Crippen LogP contribution in [0.4, 0.5) is 13.2 Å². The van der Waals surface area contributed by atoms with E-state index in [1.54, 1.807) is 0 Å². The summed E-state index contributed by atoms with van der Waals surface area (Å²) in [6, 6.07) is 7.31. The first-order valence-corrected chi connectivity index (χ1v) is 14.5. The third kappa shape index (κ3) is 4.93. The molecule has 0 amide bonds. The highest BCUT2D eigenvalue weighted by Crippen LogP contribution is 2.60. The maximum Gasteiger partial charge on any atom is 0.490 e. The Hall–Kier alpha value is -2.29. The van der Waals surface area contributed by atoms with Crippen LogP contribution in [0.25, 0.3) is 0 Å². The van der Waals surface area contributed by atoms with Crippen molar-refractivity contribution in [2.45, 2.75) is 94.7 Å². The summed E-state index contributed by atoms with van der Waals surface area (Å²) < 4.78 is 43.6. The Labute approximate surface area is 227 Å². The predicted molar refractivity (Wildman–Crippen MR) is 136 cm³/mol. The number of nitrogens with one attached hydrogen (secondary N) is 1. The zero-order valence-electron chi connectivity index (χ0n) is 22.2. The highest BCUT2D eigenvalue weighted by Gasteiger charge is 2.56. The molecule has 6 nitrogen and oxygen atoms in total. The van der Waals surface area contributed by atoms with E-state index in [9.17, 15) is 18.0 Å². The number of carboxylic acids is 1. The number of rotatable bonds is 4. The summed E-state index contributed by atoms with van der Waals surface area (Å²) in [6.45, 7) is 1.19. The number of ether oxygens (including phenoxy) is 2. The van der Waals surface area contributed by atoms with Crippen molar-refractivity contribution in [3.05, 3.63) is 29.3 Å². The van der Waals surface area contributed by atoms with Gasteiger partial charge in [0.05, 0.1) is 5.41 Å². The van der Waals surface area contributed by atoms with Gasteiger partial charge < -0.3 is 19.9 Å². The van der Waals surface area contributed by atoms with Gasteiger partial charge >= 0.3 is 18.1 Å². The Morgan fingerprint density at radius 2 is 1.69 bits per heavy atom. The highest BCUT2D eigenvalue weighted by atomic mass is 19.4. The van der Waals surface area contributed by atoms with Crippen molar-refractivity contribution in [1.29, 1.82) is 0 Å². The fraction of sp³-hybridized carbons (Fsp3) is 0.733. The molecule has 1 aromatic carbocycles. The second-order valence-corrected chi connectivity index (χ2v) is 13.0. The van der Waals surface area contributed by atoms with Crippen molar-refractivity contribution in [1.82, 2.24) is 5.32 Å². The number of aliphatic carboxylic acids is 1. The van der Waals surface area contributed by atoms with Crippen LogP contribution in [0.3, 0.4) is 0 Å². The summed E-state index contributed by atoms with van der Waals surface area (Å²) in [5, 5.41) is 10.9. The fourth-order valence-corrected chi connectivity index (χ4v) is 9.66. The molecule has 1 aromatic rings. The molecule has 0 spiro atoms. The first-order valence-electron chi connectivity index (χ1n) is 14.5. The summed E-state index contributed by atoms with van der Waals surface area (Å²) in [6.07, 6.45) is 9.87. The molecular formula is C30H38F3NO5. The van der Waals surface area contributed by atoms with E-state index < -0.39 is 12.1 Å². The van der Waals surface area contributed by atoms with Crippen molar-refractivity contribution >= 4 is 11.9 Å². The summed E-state index contributed by atoms with van der Waals surface area (Å²) in [7, 11) is 0. The highest BCUT2D eigenvalue weighted by molar-refractivity contribution is 5.77. The van der Waals surface area contributed by atoms with Gasteiger partial charge in [0.2, 0.25) is 6.79 Å². The molecule has 5 saturated carbocycles. The Bertz CT molecular complexity index is 1080. The van der Waals surface area contributed by atoms with Crippen LogP contribution in [0.5, 0.6) is 5.75 Å². The second-order valence-electron chi connectivity index (χ2n) is 13.0. The van der Waals surface area contributed by atoms with Crippen molar-refractivity contribution in [3.8, 4) is 5.75 Å². The number of carbonyl (C=O) groups excluding carboxylic acids is 1. The first-order chi connectivity index (χ1) is 18.6. The van der Waals surface area contributed by atoms with E-state index in [1.807, 2.05) is 0 Å². The molecule has 7 aliphatic rings. The SMILES string of the molecule is O=C(O)C(F)(F)F.O=C(OCOc1ccc2c(c1)[C@@]13CCCC[C@@H]1[C@H](C2)NCC3)C12CC3CC(CC(C3)C1)C2. The molecule has 8 rings (SSSR count). The van der Waals surface area contributed by atoms with E-state index in [0.29, 0.717) is 11.5 Å². The number of esters is 1. The van der Waals surface area contributed by atoms with Gasteiger partial charge in [0.1, 0.15) is 5.75 Å². The van der Waals surface area contributed by atoms with Crippen molar-refractivity contribution in [3.63, 3.8) is 0 Å². The normalized spacial score (nSPS) is 37.6. The van der Waals surface area contributed by atoms with Gasteiger partial charge in [-0.05, 0) is 118 Å². The molecule has 3 atom stereocenters. The van der Waals surface area contributed by atoms with Gasteiger partial charge in [-0.1, -0.05) is 18.9 Å². The molecule has 6 fully saturated rings. The molecule has 0 radical (unpaired) electrons. The van der Waals surface area contributed by atoms with E-state index in [1.165, 1.54) is 62.5 Å². The summed E-state index contributed by atoms with van der Waals surface area (Å²) >= 11 is 0. The Morgan fingerprint density at radius 1 is 1.03 bits per heavy atom. The van der Waals surface area contributed by atoms with Crippen LogP contribution in [0, 0.1) is 29.1 Å².